The summed E-state index contributed by atoms with van der Waals surface area (Å²) in [6.07, 6.45) is 0. The van der Waals surface area contributed by atoms with Crippen molar-refractivity contribution in [2.75, 3.05) is 31.1 Å². The molecular weight excluding hydrogens is 428 g/mol. The monoisotopic (exact) mass is 448 g/mol. The number of pyridine rings is 1. The van der Waals surface area contributed by atoms with Crippen LogP contribution in [0.4, 0.5) is 11.4 Å². The van der Waals surface area contributed by atoms with Gasteiger partial charge in [-0.2, -0.15) is 0 Å². The predicted octanol–water partition coefficient (Wildman–Crippen LogP) is 3.62. The molecule has 0 radical (unpaired) electrons. The molecule has 0 spiro atoms. The molecule has 1 fully saturated rings. The van der Waals surface area contributed by atoms with E-state index in [4.69, 9.17) is 0 Å². The predicted molar refractivity (Wildman–Crippen MR) is 126 cm³/mol. The minimum absolute atomic E-state index is 0.0611. The van der Waals surface area contributed by atoms with Crippen molar-refractivity contribution >= 4 is 49.6 Å². The van der Waals surface area contributed by atoms with Crippen LogP contribution in [0.3, 0.4) is 0 Å². The summed E-state index contributed by atoms with van der Waals surface area (Å²) in [5, 5.41) is 12.4. The van der Waals surface area contributed by atoms with Crippen LogP contribution in [0.1, 0.15) is 9.67 Å². The van der Waals surface area contributed by atoms with E-state index in [1.54, 1.807) is 34.7 Å². The third-order valence-electron chi connectivity index (χ3n) is 5.98. The van der Waals surface area contributed by atoms with Gasteiger partial charge in [0, 0.05) is 61.1 Å². The fourth-order valence-electron chi connectivity index (χ4n) is 4.21. The Kier molecular flexibility index (Phi) is 4.90. The number of piperazine rings is 1. The van der Waals surface area contributed by atoms with E-state index in [1.807, 2.05) is 24.3 Å². The normalized spacial score (nSPS) is 14.3. The van der Waals surface area contributed by atoms with Crippen molar-refractivity contribution in [1.29, 1.82) is 0 Å². The van der Waals surface area contributed by atoms with E-state index in [1.165, 1.54) is 23.5 Å². The van der Waals surface area contributed by atoms with Gasteiger partial charge in [-0.3, -0.25) is 19.7 Å². The largest absolute Gasteiger partial charge is 0.368 e. The summed E-state index contributed by atoms with van der Waals surface area (Å²) in [4.78, 5) is 40.9. The number of fused-ring (bicyclic) bond motifs is 3. The molecule has 0 aliphatic carbocycles. The highest BCUT2D eigenvalue weighted by Crippen LogP contribution is 2.31. The lowest BCUT2D eigenvalue weighted by atomic mass is 10.1. The molecule has 32 heavy (non-hydrogen) atoms. The van der Waals surface area contributed by atoms with Gasteiger partial charge in [-0.25, -0.2) is 0 Å². The first kappa shape index (κ1) is 20.2. The van der Waals surface area contributed by atoms with Crippen LogP contribution in [0.25, 0.3) is 21.0 Å². The average molecular weight is 449 g/mol. The molecule has 2 aromatic carbocycles. The highest BCUT2D eigenvalue weighted by atomic mass is 32.1. The van der Waals surface area contributed by atoms with E-state index in [9.17, 15) is 19.7 Å². The van der Waals surface area contributed by atoms with Crippen molar-refractivity contribution in [3.63, 3.8) is 0 Å². The second kappa shape index (κ2) is 7.76. The molecule has 0 unspecified atom stereocenters. The smallest absolute Gasteiger partial charge is 0.269 e. The SMILES string of the molecule is Cn1c(=O)c2cc(C(=O)N3CCN(c4ccc([N+](=O)[O-])cc4)CC3)sc2c2ccccc21. The van der Waals surface area contributed by atoms with Gasteiger partial charge < -0.3 is 14.4 Å². The Labute approximate surface area is 187 Å². The quantitative estimate of drug-likeness (QED) is 0.353. The molecule has 9 heteroatoms. The zero-order chi connectivity index (χ0) is 22.4. The summed E-state index contributed by atoms with van der Waals surface area (Å²) in [6, 6.07) is 15.9. The van der Waals surface area contributed by atoms with Crippen LogP contribution in [0.15, 0.2) is 59.4 Å². The fourth-order valence-corrected chi connectivity index (χ4v) is 5.36. The fraction of sp³-hybridized carbons (Fsp3) is 0.217. The standard InChI is InChI=1S/C23H20N4O4S/c1-24-19-5-3-2-4-17(19)21-18(22(24)28)14-20(32-21)23(29)26-12-10-25(11-13-26)15-6-8-16(9-7-15)27(30)31/h2-9,14H,10-13H2,1H3. The van der Waals surface area contributed by atoms with Crippen LogP contribution in [-0.2, 0) is 7.05 Å². The third-order valence-corrected chi connectivity index (χ3v) is 7.14. The molecule has 4 aromatic rings. The average Bonchev–Trinajstić information content (AvgIpc) is 3.28. The van der Waals surface area contributed by atoms with Crippen LogP contribution in [0.5, 0.6) is 0 Å². The molecule has 3 heterocycles. The van der Waals surface area contributed by atoms with Crippen molar-refractivity contribution in [1.82, 2.24) is 9.47 Å². The van der Waals surface area contributed by atoms with Crippen molar-refractivity contribution in [3.05, 3.63) is 79.9 Å². The van der Waals surface area contributed by atoms with Gasteiger partial charge in [-0.05, 0) is 24.3 Å². The molecule has 1 amide bonds. The van der Waals surface area contributed by atoms with E-state index in [-0.39, 0.29) is 17.2 Å². The molecule has 1 aliphatic heterocycles. The summed E-state index contributed by atoms with van der Waals surface area (Å²) in [6.45, 7) is 2.37. The van der Waals surface area contributed by atoms with E-state index >= 15 is 0 Å². The Balaban J connectivity index is 1.37. The number of carbonyl (C=O) groups is 1. The minimum atomic E-state index is -0.415. The maximum absolute atomic E-state index is 13.2. The van der Waals surface area contributed by atoms with Crippen LogP contribution in [-0.4, -0.2) is 46.5 Å². The van der Waals surface area contributed by atoms with Gasteiger partial charge in [0.1, 0.15) is 0 Å². The van der Waals surface area contributed by atoms with Crippen LogP contribution >= 0.6 is 11.3 Å². The zero-order valence-electron chi connectivity index (χ0n) is 17.4. The molecule has 0 atom stereocenters. The number of hydrogen-bond acceptors (Lipinski definition) is 6. The van der Waals surface area contributed by atoms with Gasteiger partial charge in [0.05, 0.1) is 20.7 Å². The number of aromatic nitrogens is 1. The minimum Gasteiger partial charge on any atom is -0.368 e. The van der Waals surface area contributed by atoms with E-state index < -0.39 is 4.92 Å². The topological polar surface area (TPSA) is 88.7 Å². The highest BCUT2D eigenvalue weighted by Gasteiger charge is 2.25. The molecular formula is C23H20N4O4S. The number of anilines is 1. The summed E-state index contributed by atoms with van der Waals surface area (Å²) >= 11 is 1.37. The first-order valence-electron chi connectivity index (χ1n) is 10.2. The van der Waals surface area contributed by atoms with Crippen molar-refractivity contribution in [2.45, 2.75) is 0 Å². The third kappa shape index (κ3) is 3.31. The van der Waals surface area contributed by atoms with E-state index in [2.05, 4.69) is 4.90 Å². The van der Waals surface area contributed by atoms with Crippen molar-refractivity contribution in [3.8, 4) is 0 Å². The number of non-ortho nitro benzene ring substituents is 1. The maximum atomic E-state index is 13.2. The van der Waals surface area contributed by atoms with Crippen molar-refractivity contribution < 1.29 is 9.72 Å². The number of aryl methyl sites for hydroxylation is 1. The number of thiophene rings is 1. The van der Waals surface area contributed by atoms with Gasteiger partial charge in [-0.15, -0.1) is 11.3 Å². The number of rotatable bonds is 3. The second-order valence-electron chi connectivity index (χ2n) is 7.79. The Hall–Kier alpha value is -3.72. The molecule has 8 nitrogen and oxygen atoms in total. The summed E-state index contributed by atoms with van der Waals surface area (Å²) in [7, 11) is 1.75. The van der Waals surface area contributed by atoms with Crippen LogP contribution in [0, 0.1) is 10.1 Å². The highest BCUT2D eigenvalue weighted by molar-refractivity contribution is 7.21. The number of nitro benzene ring substituents is 1. The summed E-state index contributed by atoms with van der Waals surface area (Å²) < 4.78 is 2.47. The molecule has 5 rings (SSSR count). The number of carbonyl (C=O) groups excluding carboxylic acids is 1. The molecule has 1 aliphatic rings. The lowest BCUT2D eigenvalue weighted by molar-refractivity contribution is -0.384. The molecule has 0 N–H and O–H groups in total. The summed E-state index contributed by atoms with van der Waals surface area (Å²) in [5.74, 6) is -0.0688. The summed E-state index contributed by atoms with van der Waals surface area (Å²) in [5.41, 5.74) is 1.71. The van der Waals surface area contributed by atoms with Crippen LogP contribution < -0.4 is 10.5 Å². The second-order valence-corrected chi connectivity index (χ2v) is 8.84. The molecule has 0 saturated carbocycles. The van der Waals surface area contributed by atoms with Gasteiger partial charge in [-0.1, -0.05) is 18.2 Å². The van der Waals surface area contributed by atoms with Crippen molar-refractivity contribution in [2.24, 2.45) is 7.05 Å². The Bertz CT molecular complexity index is 1420. The molecule has 162 valence electrons. The van der Waals surface area contributed by atoms with Gasteiger partial charge >= 0.3 is 0 Å². The number of nitrogens with zero attached hydrogens (tertiary/aromatic N) is 4. The van der Waals surface area contributed by atoms with Gasteiger partial charge in [0.15, 0.2) is 0 Å². The first-order chi connectivity index (χ1) is 15.4. The molecule has 1 saturated heterocycles. The number of amides is 1. The Morgan fingerprint density at radius 3 is 2.38 bits per heavy atom. The van der Waals surface area contributed by atoms with E-state index in [0.717, 1.165) is 21.3 Å². The zero-order valence-corrected chi connectivity index (χ0v) is 18.2. The number of hydrogen-bond donors (Lipinski definition) is 0. The number of para-hydroxylation sites is 1. The number of benzene rings is 2. The van der Waals surface area contributed by atoms with E-state index in [0.29, 0.717) is 36.4 Å². The van der Waals surface area contributed by atoms with Crippen LogP contribution in [0.2, 0.25) is 0 Å². The molecule has 0 bridgehead atoms. The maximum Gasteiger partial charge on any atom is 0.269 e. The lowest BCUT2D eigenvalue weighted by Crippen LogP contribution is -2.48. The lowest BCUT2D eigenvalue weighted by Gasteiger charge is -2.35. The number of nitro groups is 1. The Morgan fingerprint density at radius 2 is 1.69 bits per heavy atom. The Morgan fingerprint density at radius 1 is 1.00 bits per heavy atom. The van der Waals surface area contributed by atoms with Gasteiger partial charge in [0.25, 0.3) is 17.2 Å². The first-order valence-corrected chi connectivity index (χ1v) is 11.1. The van der Waals surface area contributed by atoms with Gasteiger partial charge in [0.2, 0.25) is 0 Å². The molecule has 2 aromatic heterocycles.